The number of benzene rings is 9. The minimum atomic E-state index is -1.77. The Morgan fingerprint density at radius 1 is 0.492 bits per heavy atom. The zero-order valence-electron chi connectivity index (χ0n) is 37.3. The van der Waals surface area contributed by atoms with E-state index in [2.05, 4.69) is 218 Å². The minimum absolute atomic E-state index is 0.0974. The zero-order chi connectivity index (χ0) is 43.3. The monoisotopic (exact) mass is 852 g/mol. The number of rotatable bonds is 5. The van der Waals surface area contributed by atoms with Crippen molar-refractivity contribution in [2.75, 3.05) is 16.3 Å². The van der Waals surface area contributed by atoms with Crippen molar-refractivity contribution in [2.45, 2.75) is 57.0 Å². The van der Waals surface area contributed by atoms with Crippen molar-refractivity contribution in [1.82, 2.24) is 0 Å². The highest BCUT2D eigenvalue weighted by Gasteiger charge is 2.47. The van der Waals surface area contributed by atoms with Crippen LogP contribution in [0.5, 0.6) is 0 Å². The average molecular weight is 853 g/mol. The quantitative estimate of drug-likeness (QED) is 0.126. The first-order chi connectivity index (χ1) is 31.9. The van der Waals surface area contributed by atoms with Crippen LogP contribution in [-0.4, -0.2) is 14.6 Å². The van der Waals surface area contributed by atoms with Crippen molar-refractivity contribution < 1.29 is 0 Å². The van der Waals surface area contributed by atoms with Gasteiger partial charge in [-0.3, -0.25) is 0 Å². The van der Waals surface area contributed by atoms with Crippen LogP contribution in [0.3, 0.4) is 0 Å². The molecular weight excluding hydrogens is 801 g/mol. The van der Waals surface area contributed by atoms with Gasteiger partial charge < -0.3 is 9.80 Å². The fourth-order valence-electron chi connectivity index (χ4n) is 12.5. The number of hydrogen-bond acceptors (Lipinski definition) is 2. The molecule has 3 heterocycles. The lowest BCUT2D eigenvalue weighted by molar-refractivity contribution is 0.659. The lowest BCUT2D eigenvalue weighted by Gasteiger charge is -2.42. The summed E-state index contributed by atoms with van der Waals surface area (Å²) < 4.78 is 0. The van der Waals surface area contributed by atoms with Crippen molar-refractivity contribution in [3.05, 3.63) is 210 Å². The van der Waals surface area contributed by atoms with Gasteiger partial charge in [0.25, 0.3) is 0 Å². The Morgan fingerprint density at radius 2 is 1.12 bits per heavy atom. The van der Waals surface area contributed by atoms with E-state index in [0.717, 1.165) is 13.0 Å². The van der Waals surface area contributed by atoms with Gasteiger partial charge in [-0.15, -0.1) is 0 Å². The zero-order valence-corrected chi connectivity index (χ0v) is 38.3. The predicted octanol–water partition coefficient (Wildman–Crippen LogP) is 15.4. The molecular formula is C62H52N2Si. The Labute approximate surface area is 384 Å². The first kappa shape index (κ1) is 38.5. The summed E-state index contributed by atoms with van der Waals surface area (Å²) in [7, 11) is -1.77. The molecule has 0 aromatic heterocycles. The molecule has 0 radical (unpaired) electrons. The molecule has 1 saturated heterocycles. The summed E-state index contributed by atoms with van der Waals surface area (Å²) in [6, 6.07) is 72.1. The van der Waals surface area contributed by atoms with Gasteiger partial charge >= 0.3 is 0 Å². The summed E-state index contributed by atoms with van der Waals surface area (Å²) in [4.78, 5) is 5.07. The standard InChI is InChI=1S/C62H52N2Si/c1-62(2)55-38-42(24-32-53(55)54-34-31-48(41-56(54)62)63-35-13-15-44-14-3-6-18-57(44)63)23-25-43-29-33-51(52-17-5-4-16-50(43)52)47-27-26-46-40-49(30-28-45(46)39-47)64-58-19-7-9-21-60(58)65(36-11-12-37-65)61-22-10-8-20-59(61)64/h3-10,14,16-34,38-41H,11-13,15,35-37H2,1-2H3. The van der Waals surface area contributed by atoms with E-state index in [1.807, 2.05) is 0 Å². The van der Waals surface area contributed by atoms with Gasteiger partial charge in [-0.1, -0.05) is 172 Å². The second kappa shape index (κ2) is 14.8. The van der Waals surface area contributed by atoms with Crippen LogP contribution in [0.4, 0.5) is 28.4 Å². The molecule has 9 aromatic carbocycles. The first-order valence-electron chi connectivity index (χ1n) is 23.8. The van der Waals surface area contributed by atoms with Crippen molar-refractivity contribution in [3.63, 3.8) is 0 Å². The Kier molecular flexibility index (Phi) is 8.77. The van der Waals surface area contributed by atoms with E-state index in [-0.39, 0.29) is 5.41 Å². The lowest BCUT2D eigenvalue weighted by atomic mass is 9.81. The maximum absolute atomic E-state index is 2.54. The van der Waals surface area contributed by atoms with Crippen molar-refractivity contribution >= 4 is 80.6 Å². The highest BCUT2D eigenvalue weighted by molar-refractivity contribution is 7.05. The van der Waals surface area contributed by atoms with Gasteiger partial charge in [-0.25, -0.2) is 0 Å². The highest BCUT2D eigenvalue weighted by atomic mass is 28.3. The third kappa shape index (κ3) is 5.98. The van der Waals surface area contributed by atoms with E-state index < -0.39 is 8.07 Å². The highest BCUT2D eigenvalue weighted by Crippen LogP contribution is 2.51. The average Bonchev–Trinajstić information content (AvgIpc) is 3.93. The van der Waals surface area contributed by atoms with Crippen molar-refractivity contribution in [2.24, 2.45) is 0 Å². The van der Waals surface area contributed by atoms with E-state index in [1.165, 1.54) is 131 Å². The SMILES string of the molecule is CC1(C)c2cc(C=Cc3ccc(-c4ccc5cc(N6c7ccccc7[Si]7(CCCC7)c7ccccc76)ccc5c4)c4ccccc34)ccc2-c2ccc(N3CCCc4ccccc43)cc21. The molecule has 2 nitrogen and oxygen atoms in total. The molecule has 3 heteroatoms. The van der Waals surface area contributed by atoms with Gasteiger partial charge in [0, 0.05) is 40.4 Å². The molecule has 0 atom stereocenters. The second-order valence-electron chi connectivity index (χ2n) is 19.5. The largest absolute Gasteiger partial charge is 0.341 e. The first-order valence-corrected chi connectivity index (χ1v) is 26.2. The fraction of sp³-hybridized carbons (Fsp3) is 0.161. The summed E-state index contributed by atoms with van der Waals surface area (Å²) in [6.07, 6.45) is 9.65. The third-order valence-corrected chi connectivity index (χ3v) is 21.0. The summed E-state index contributed by atoms with van der Waals surface area (Å²) in [6.45, 7) is 5.86. The van der Waals surface area contributed by atoms with Crippen LogP contribution in [-0.2, 0) is 11.8 Å². The number of anilines is 5. The van der Waals surface area contributed by atoms with Gasteiger partial charge in [-0.05, 0) is 155 Å². The van der Waals surface area contributed by atoms with Gasteiger partial charge in [0.15, 0.2) is 0 Å². The Bertz CT molecular complexity index is 3370. The van der Waals surface area contributed by atoms with Crippen molar-refractivity contribution in [1.29, 1.82) is 0 Å². The van der Waals surface area contributed by atoms with E-state index in [4.69, 9.17) is 0 Å². The van der Waals surface area contributed by atoms with Gasteiger partial charge in [0.1, 0.15) is 8.07 Å². The smallest absolute Gasteiger partial charge is 0.123 e. The topological polar surface area (TPSA) is 6.48 Å². The van der Waals surface area contributed by atoms with Gasteiger partial charge in [0.2, 0.25) is 0 Å². The van der Waals surface area contributed by atoms with Crippen LogP contribution in [0.15, 0.2) is 182 Å². The third-order valence-electron chi connectivity index (χ3n) is 15.7. The summed E-state index contributed by atoms with van der Waals surface area (Å²) in [5.74, 6) is 0. The number of nitrogens with zero attached hydrogens (tertiary/aromatic N) is 2. The number of aryl methyl sites for hydroxylation is 1. The Morgan fingerprint density at radius 3 is 1.92 bits per heavy atom. The molecule has 65 heavy (non-hydrogen) atoms. The van der Waals surface area contributed by atoms with Crippen LogP contribution < -0.4 is 20.2 Å². The predicted molar refractivity (Wildman–Crippen MR) is 280 cm³/mol. The van der Waals surface area contributed by atoms with Gasteiger partial charge in [0.05, 0.1) is 0 Å². The molecule has 9 aromatic rings. The summed E-state index contributed by atoms with van der Waals surface area (Å²) in [5.41, 5.74) is 18.5. The van der Waals surface area contributed by atoms with E-state index in [1.54, 1.807) is 10.4 Å². The molecule has 0 unspecified atom stereocenters. The Balaban J connectivity index is 0.800. The van der Waals surface area contributed by atoms with Crippen molar-refractivity contribution in [3.8, 4) is 22.3 Å². The maximum Gasteiger partial charge on any atom is 0.123 e. The number of fused-ring (bicyclic) bond motifs is 10. The molecule has 1 fully saturated rings. The van der Waals surface area contributed by atoms with Crippen LogP contribution in [0.1, 0.15) is 60.9 Å². The maximum atomic E-state index is 2.54. The van der Waals surface area contributed by atoms with E-state index in [0.29, 0.717) is 0 Å². The number of para-hydroxylation sites is 3. The van der Waals surface area contributed by atoms with E-state index >= 15 is 0 Å². The summed E-state index contributed by atoms with van der Waals surface area (Å²) >= 11 is 0. The minimum Gasteiger partial charge on any atom is -0.341 e. The van der Waals surface area contributed by atoms with E-state index in [9.17, 15) is 0 Å². The van der Waals surface area contributed by atoms with Gasteiger partial charge in [-0.2, -0.15) is 0 Å². The van der Waals surface area contributed by atoms with Crippen LogP contribution >= 0.6 is 0 Å². The molecule has 0 saturated carbocycles. The van der Waals surface area contributed by atoms with Crippen LogP contribution in [0, 0.1) is 0 Å². The Hall–Kier alpha value is -6.94. The molecule has 13 rings (SSSR count). The molecule has 3 aliphatic heterocycles. The second-order valence-corrected chi connectivity index (χ2v) is 23.8. The molecule has 1 spiro atoms. The van der Waals surface area contributed by atoms with Crippen LogP contribution in [0.2, 0.25) is 12.1 Å². The molecule has 0 bridgehead atoms. The molecule has 314 valence electrons. The van der Waals surface area contributed by atoms with Crippen LogP contribution in [0.25, 0.3) is 56.0 Å². The normalized spacial score (nSPS) is 16.5. The molecule has 4 aliphatic rings. The number of hydrogen-bond donors (Lipinski definition) is 0. The lowest BCUT2D eigenvalue weighted by Crippen LogP contribution is -2.60. The molecule has 1 aliphatic carbocycles. The fourth-order valence-corrected chi connectivity index (χ4v) is 18.0. The summed E-state index contributed by atoms with van der Waals surface area (Å²) in [5, 5.41) is 8.30. The molecule has 0 N–H and O–H groups in total. The molecule has 0 amide bonds.